The molecular weight excluding hydrogens is 174 g/mol. The van der Waals surface area contributed by atoms with Crippen LogP contribution < -0.4 is 5.32 Å². The van der Waals surface area contributed by atoms with E-state index >= 15 is 0 Å². The second kappa shape index (κ2) is 6.60. The predicted molar refractivity (Wildman–Crippen MR) is 59.4 cm³/mol. The van der Waals surface area contributed by atoms with Gasteiger partial charge in [-0.15, -0.1) is 0 Å². The first-order valence-electron chi connectivity index (χ1n) is 5.54. The van der Waals surface area contributed by atoms with Crippen molar-refractivity contribution in [2.75, 3.05) is 13.1 Å². The third kappa shape index (κ3) is 4.42. The molecule has 80 valence electrons. The average molecular weight is 195 g/mol. The van der Waals surface area contributed by atoms with Gasteiger partial charge >= 0.3 is 0 Å². The Hall–Kier alpha value is -0.830. The quantitative estimate of drug-likeness (QED) is 0.654. The van der Waals surface area contributed by atoms with Crippen molar-refractivity contribution in [1.82, 2.24) is 15.3 Å². The normalized spacial score (nSPS) is 10.7. The van der Waals surface area contributed by atoms with E-state index in [0.29, 0.717) is 0 Å². The highest BCUT2D eigenvalue weighted by Gasteiger charge is 1.96. The maximum atomic E-state index is 4.36. The summed E-state index contributed by atoms with van der Waals surface area (Å²) in [5.74, 6) is 1.01. The van der Waals surface area contributed by atoms with Gasteiger partial charge in [0.25, 0.3) is 0 Å². The summed E-state index contributed by atoms with van der Waals surface area (Å²) in [7, 11) is 0. The van der Waals surface area contributed by atoms with Crippen LogP contribution in [0.25, 0.3) is 0 Å². The van der Waals surface area contributed by atoms with Crippen molar-refractivity contribution in [1.29, 1.82) is 0 Å². The number of aromatic nitrogens is 2. The van der Waals surface area contributed by atoms with Gasteiger partial charge in [0.05, 0.1) is 5.69 Å². The lowest BCUT2D eigenvalue weighted by Crippen LogP contribution is -2.16. The molecule has 0 unspecified atom stereocenters. The van der Waals surface area contributed by atoms with Gasteiger partial charge in [0, 0.05) is 6.20 Å². The Balaban J connectivity index is 1.99. The van der Waals surface area contributed by atoms with E-state index in [9.17, 15) is 0 Å². The van der Waals surface area contributed by atoms with Crippen molar-refractivity contribution in [3.8, 4) is 0 Å². The van der Waals surface area contributed by atoms with Crippen molar-refractivity contribution in [2.24, 2.45) is 0 Å². The number of nitrogens with one attached hydrogen (secondary N) is 2. The van der Waals surface area contributed by atoms with Gasteiger partial charge in [-0.2, -0.15) is 0 Å². The molecule has 1 heterocycles. The highest BCUT2D eigenvalue weighted by atomic mass is 14.9. The number of hydrogen-bond acceptors (Lipinski definition) is 2. The maximum Gasteiger partial charge on any atom is 0.103 e. The summed E-state index contributed by atoms with van der Waals surface area (Å²) in [5, 5.41) is 3.43. The second-order valence-electron chi connectivity index (χ2n) is 3.68. The van der Waals surface area contributed by atoms with Gasteiger partial charge in [-0.3, -0.25) is 0 Å². The molecule has 0 aromatic carbocycles. The predicted octanol–water partition coefficient (Wildman–Crippen LogP) is 2.04. The third-order valence-corrected chi connectivity index (χ3v) is 2.25. The summed E-state index contributed by atoms with van der Waals surface area (Å²) in [6.45, 7) is 6.46. The fourth-order valence-electron chi connectivity index (χ4n) is 1.42. The minimum Gasteiger partial charge on any atom is -0.349 e. The Morgan fingerprint density at radius 2 is 2.14 bits per heavy atom. The first-order chi connectivity index (χ1) is 6.83. The van der Waals surface area contributed by atoms with Crippen molar-refractivity contribution in [3.63, 3.8) is 0 Å². The summed E-state index contributed by atoms with van der Waals surface area (Å²) < 4.78 is 0. The van der Waals surface area contributed by atoms with E-state index in [-0.39, 0.29) is 0 Å². The second-order valence-corrected chi connectivity index (χ2v) is 3.68. The number of unbranched alkanes of at least 4 members (excludes halogenated alkanes) is 1. The van der Waals surface area contributed by atoms with E-state index in [2.05, 4.69) is 22.2 Å². The molecule has 0 aliphatic carbocycles. The highest BCUT2D eigenvalue weighted by molar-refractivity contribution is 4.99. The molecule has 0 aliphatic heterocycles. The minimum atomic E-state index is 1.01. The first kappa shape index (κ1) is 11.2. The van der Waals surface area contributed by atoms with Crippen LogP contribution in [0.3, 0.4) is 0 Å². The number of aromatic amines is 1. The molecule has 1 aromatic rings. The molecule has 1 rings (SSSR count). The Bertz CT molecular complexity index is 242. The van der Waals surface area contributed by atoms with Crippen LogP contribution in [0.1, 0.15) is 37.7 Å². The minimum absolute atomic E-state index is 1.01. The zero-order chi connectivity index (χ0) is 10.2. The van der Waals surface area contributed by atoms with Gasteiger partial charge in [-0.05, 0) is 39.3 Å². The van der Waals surface area contributed by atoms with Crippen molar-refractivity contribution >= 4 is 0 Å². The van der Waals surface area contributed by atoms with Gasteiger partial charge in [-0.1, -0.05) is 13.3 Å². The Kier molecular flexibility index (Phi) is 5.30. The van der Waals surface area contributed by atoms with Crippen LogP contribution in [-0.2, 0) is 6.42 Å². The van der Waals surface area contributed by atoms with Gasteiger partial charge in [0.1, 0.15) is 5.82 Å². The molecule has 0 fully saturated rings. The Morgan fingerprint density at radius 3 is 2.79 bits per heavy atom. The van der Waals surface area contributed by atoms with E-state index in [1.165, 1.54) is 25.0 Å². The lowest BCUT2D eigenvalue weighted by molar-refractivity contribution is 0.614. The van der Waals surface area contributed by atoms with E-state index in [1.54, 1.807) is 0 Å². The molecule has 14 heavy (non-hydrogen) atoms. The van der Waals surface area contributed by atoms with Crippen molar-refractivity contribution < 1.29 is 0 Å². The molecule has 1 aromatic heterocycles. The topological polar surface area (TPSA) is 40.7 Å². The summed E-state index contributed by atoms with van der Waals surface area (Å²) in [6.07, 6.45) is 6.80. The molecule has 0 atom stereocenters. The van der Waals surface area contributed by atoms with E-state index in [0.717, 1.165) is 25.3 Å². The van der Waals surface area contributed by atoms with Crippen molar-refractivity contribution in [3.05, 3.63) is 17.7 Å². The van der Waals surface area contributed by atoms with Crippen LogP contribution in [0.4, 0.5) is 0 Å². The van der Waals surface area contributed by atoms with Crippen LogP contribution in [0.2, 0.25) is 0 Å². The highest BCUT2D eigenvalue weighted by Crippen LogP contribution is 1.98. The molecule has 0 saturated heterocycles. The third-order valence-electron chi connectivity index (χ3n) is 2.25. The largest absolute Gasteiger partial charge is 0.349 e. The monoisotopic (exact) mass is 195 g/mol. The number of rotatable bonds is 7. The van der Waals surface area contributed by atoms with Gasteiger partial charge in [-0.25, -0.2) is 4.98 Å². The van der Waals surface area contributed by atoms with Gasteiger partial charge in [0.15, 0.2) is 0 Å². The molecule has 3 nitrogen and oxygen atoms in total. The molecule has 0 spiro atoms. The summed E-state index contributed by atoms with van der Waals surface area (Å²) >= 11 is 0. The zero-order valence-electron chi connectivity index (χ0n) is 9.27. The molecule has 0 radical (unpaired) electrons. The standard InChI is InChI=1S/C11H21N3/c1-3-4-7-12-8-5-6-11-9-13-10(2)14-11/h9,12H,3-8H2,1-2H3,(H,13,14). The van der Waals surface area contributed by atoms with Crippen LogP contribution >= 0.6 is 0 Å². The number of H-pyrrole nitrogens is 1. The SMILES string of the molecule is CCCCNCCCc1c[nH]c(C)n1. The van der Waals surface area contributed by atoms with Gasteiger partial charge in [0.2, 0.25) is 0 Å². The summed E-state index contributed by atoms with van der Waals surface area (Å²) in [4.78, 5) is 7.46. The molecule has 0 bridgehead atoms. The van der Waals surface area contributed by atoms with Crippen LogP contribution in [-0.4, -0.2) is 23.1 Å². The van der Waals surface area contributed by atoms with E-state index in [1.807, 2.05) is 13.1 Å². The van der Waals surface area contributed by atoms with Crippen LogP contribution in [0, 0.1) is 6.92 Å². The first-order valence-corrected chi connectivity index (χ1v) is 5.54. The Morgan fingerprint density at radius 1 is 1.36 bits per heavy atom. The lowest BCUT2D eigenvalue weighted by atomic mass is 10.2. The molecule has 0 amide bonds. The van der Waals surface area contributed by atoms with Crippen molar-refractivity contribution in [2.45, 2.75) is 39.5 Å². The zero-order valence-corrected chi connectivity index (χ0v) is 9.27. The van der Waals surface area contributed by atoms with Crippen LogP contribution in [0.15, 0.2) is 6.20 Å². The van der Waals surface area contributed by atoms with E-state index < -0.39 is 0 Å². The molecule has 0 aliphatic rings. The fraction of sp³-hybridized carbons (Fsp3) is 0.727. The number of aryl methyl sites for hydroxylation is 2. The maximum absolute atomic E-state index is 4.36. The lowest BCUT2D eigenvalue weighted by Gasteiger charge is -2.01. The Labute approximate surface area is 86.3 Å². The smallest absolute Gasteiger partial charge is 0.103 e. The molecule has 2 N–H and O–H groups in total. The number of nitrogens with zero attached hydrogens (tertiary/aromatic N) is 1. The number of imidazole rings is 1. The van der Waals surface area contributed by atoms with E-state index in [4.69, 9.17) is 0 Å². The summed E-state index contributed by atoms with van der Waals surface area (Å²) in [5.41, 5.74) is 1.18. The molecular formula is C11H21N3. The average Bonchev–Trinajstić information content (AvgIpc) is 2.58. The molecule has 0 saturated carbocycles. The number of hydrogen-bond donors (Lipinski definition) is 2. The fourth-order valence-corrected chi connectivity index (χ4v) is 1.42. The molecule has 3 heteroatoms. The van der Waals surface area contributed by atoms with Crippen LogP contribution in [0.5, 0.6) is 0 Å². The van der Waals surface area contributed by atoms with Gasteiger partial charge < -0.3 is 10.3 Å². The summed E-state index contributed by atoms with van der Waals surface area (Å²) in [6, 6.07) is 0.